The Hall–Kier alpha value is -3.28. The molecule has 2 heterocycles. The van der Waals surface area contributed by atoms with E-state index < -0.39 is 0 Å². The molecule has 0 bridgehead atoms. The van der Waals surface area contributed by atoms with Gasteiger partial charge in [-0.1, -0.05) is 41.4 Å². The van der Waals surface area contributed by atoms with Crippen LogP contribution in [0.25, 0.3) is 22.2 Å². The molecule has 148 valence electrons. The van der Waals surface area contributed by atoms with Gasteiger partial charge in [-0.05, 0) is 48.5 Å². The first-order valence-electron chi connectivity index (χ1n) is 9.15. The van der Waals surface area contributed by atoms with Crippen LogP contribution in [0.5, 0.6) is 11.5 Å². The molecule has 5 rings (SSSR count). The molecule has 1 amide bonds. The van der Waals surface area contributed by atoms with Crippen LogP contribution in [0.15, 0.2) is 66.7 Å². The third-order valence-electron chi connectivity index (χ3n) is 4.81. The Balaban J connectivity index is 1.60. The number of carbonyl (C=O) groups is 1. The summed E-state index contributed by atoms with van der Waals surface area (Å²) in [7, 11) is 0. The first kappa shape index (κ1) is 18.7. The van der Waals surface area contributed by atoms with E-state index >= 15 is 0 Å². The number of para-hydroxylation sites is 1. The van der Waals surface area contributed by atoms with Gasteiger partial charge in [0.05, 0.1) is 27.5 Å². The summed E-state index contributed by atoms with van der Waals surface area (Å²) in [5.74, 6) is 1.03. The van der Waals surface area contributed by atoms with Gasteiger partial charge in [0, 0.05) is 16.0 Å². The van der Waals surface area contributed by atoms with Crippen LogP contribution in [-0.4, -0.2) is 17.7 Å². The molecule has 0 fully saturated rings. The highest BCUT2D eigenvalue weighted by molar-refractivity contribution is 6.36. The standard InChI is InChI=1S/C23H14Cl2N2O3/c24-14-6-7-17(25)20(10-14)27-23(28)16-11-19(26-18-4-2-1-3-15(16)18)13-5-8-21-22(9-13)30-12-29-21/h1-11H,12H2,(H,27,28). The molecule has 0 atom stereocenters. The van der Waals surface area contributed by atoms with Gasteiger partial charge >= 0.3 is 0 Å². The first-order chi connectivity index (χ1) is 14.6. The molecule has 0 unspecified atom stereocenters. The number of hydrogen-bond acceptors (Lipinski definition) is 4. The highest BCUT2D eigenvalue weighted by Gasteiger charge is 2.18. The van der Waals surface area contributed by atoms with E-state index in [-0.39, 0.29) is 12.7 Å². The summed E-state index contributed by atoms with van der Waals surface area (Å²) < 4.78 is 10.9. The second-order valence-corrected chi connectivity index (χ2v) is 7.56. The molecule has 7 heteroatoms. The number of amides is 1. The smallest absolute Gasteiger partial charge is 0.256 e. The Labute approximate surface area is 182 Å². The average molecular weight is 437 g/mol. The number of halogens is 2. The van der Waals surface area contributed by atoms with Crippen LogP contribution >= 0.6 is 23.2 Å². The van der Waals surface area contributed by atoms with Crippen LogP contribution in [-0.2, 0) is 0 Å². The normalized spacial score (nSPS) is 12.2. The number of ether oxygens (including phenoxy) is 2. The molecule has 1 N–H and O–H groups in total. The number of rotatable bonds is 3. The summed E-state index contributed by atoms with van der Waals surface area (Å²) in [6.07, 6.45) is 0. The highest BCUT2D eigenvalue weighted by atomic mass is 35.5. The lowest BCUT2D eigenvalue weighted by molar-refractivity contribution is 0.102. The average Bonchev–Trinajstić information content (AvgIpc) is 3.23. The van der Waals surface area contributed by atoms with E-state index in [4.69, 9.17) is 37.7 Å². The number of carbonyl (C=O) groups excluding carboxylic acids is 1. The van der Waals surface area contributed by atoms with Gasteiger partial charge in [-0.3, -0.25) is 4.79 Å². The molecule has 4 aromatic rings. The number of nitrogens with zero attached hydrogens (tertiary/aromatic N) is 1. The van der Waals surface area contributed by atoms with Crippen LogP contribution in [0.1, 0.15) is 10.4 Å². The molecule has 0 spiro atoms. The molecule has 30 heavy (non-hydrogen) atoms. The van der Waals surface area contributed by atoms with E-state index in [1.165, 1.54) is 0 Å². The molecule has 0 saturated heterocycles. The van der Waals surface area contributed by atoms with Gasteiger partial charge in [-0.25, -0.2) is 4.98 Å². The molecular weight excluding hydrogens is 423 g/mol. The van der Waals surface area contributed by atoms with Crippen molar-refractivity contribution in [2.24, 2.45) is 0 Å². The molecule has 5 nitrogen and oxygen atoms in total. The van der Waals surface area contributed by atoms with Crippen LogP contribution < -0.4 is 14.8 Å². The van der Waals surface area contributed by atoms with Gasteiger partial charge in [-0.2, -0.15) is 0 Å². The predicted octanol–water partition coefficient (Wildman–Crippen LogP) is 6.19. The number of hydrogen-bond donors (Lipinski definition) is 1. The van der Waals surface area contributed by atoms with Crippen molar-refractivity contribution in [3.05, 3.63) is 82.3 Å². The first-order valence-corrected chi connectivity index (χ1v) is 9.90. The maximum atomic E-state index is 13.2. The predicted molar refractivity (Wildman–Crippen MR) is 118 cm³/mol. The van der Waals surface area contributed by atoms with Gasteiger partial charge in [0.2, 0.25) is 6.79 Å². The lowest BCUT2D eigenvalue weighted by Gasteiger charge is -2.12. The minimum atomic E-state index is -0.306. The molecule has 1 aromatic heterocycles. The lowest BCUT2D eigenvalue weighted by Crippen LogP contribution is -2.13. The zero-order chi connectivity index (χ0) is 20.7. The number of benzene rings is 3. The number of nitrogens with one attached hydrogen (secondary N) is 1. The van der Waals surface area contributed by atoms with Gasteiger partial charge in [0.15, 0.2) is 11.5 Å². The van der Waals surface area contributed by atoms with Crippen LogP contribution in [0.3, 0.4) is 0 Å². The van der Waals surface area contributed by atoms with Gasteiger partial charge in [0.1, 0.15) is 0 Å². The van der Waals surface area contributed by atoms with Gasteiger partial charge < -0.3 is 14.8 Å². The Morgan fingerprint density at radius 3 is 2.67 bits per heavy atom. The van der Waals surface area contributed by atoms with Crippen molar-refractivity contribution in [1.82, 2.24) is 4.98 Å². The third-order valence-corrected chi connectivity index (χ3v) is 5.37. The molecule has 0 saturated carbocycles. The highest BCUT2D eigenvalue weighted by Crippen LogP contribution is 2.36. The molecule has 1 aliphatic heterocycles. The minimum absolute atomic E-state index is 0.192. The zero-order valence-electron chi connectivity index (χ0n) is 15.5. The molecular formula is C23H14Cl2N2O3. The fourth-order valence-electron chi connectivity index (χ4n) is 3.35. The van der Waals surface area contributed by atoms with E-state index in [0.29, 0.717) is 44.0 Å². The molecule has 3 aromatic carbocycles. The third kappa shape index (κ3) is 3.43. The van der Waals surface area contributed by atoms with E-state index in [1.54, 1.807) is 24.3 Å². The van der Waals surface area contributed by atoms with E-state index in [9.17, 15) is 4.79 Å². The largest absolute Gasteiger partial charge is 0.454 e. The topological polar surface area (TPSA) is 60.5 Å². The summed E-state index contributed by atoms with van der Waals surface area (Å²) in [5, 5.41) is 4.47. The second-order valence-electron chi connectivity index (χ2n) is 6.72. The van der Waals surface area contributed by atoms with Crippen molar-refractivity contribution >= 4 is 45.7 Å². The fraction of sp³-hybridized carbons (Fsp3) is 0.0435. The maximum absolute atomic E-state index is 13.2. The quantitative estimate of drug-likeness (QED) is 0.415. The van der Waals surface area contributed by atoms with Gasteiger partial charge in [0.25, 0.3) is 5.91 Å². The Kier molecular flexibility index (Phi) is 4.69. The number of anilines is 1. The Morgan fingerprint density at radius 1 is 0.933 bits per heavy atom. The maximum Gasteiger partial charge on any atom is 0.256 e. The lowest BCUT2D eigenvalue weighted by atomic mass is 10.0. The monoisotopic (exact) mass is 436 g/mol. The van der Waals surface area contributed by atoms with E-state index in [0.717, 1.165) is 10.9 Å². The molecule has 0 radical (unpaired) electrons. The van der Waals surface area contributed by atoms with Crippen molar-refractivity contribution in [2.45, 2.75) is 0 Å². The Morgan fingerprint density at radius 2 is 1.77 bits per heavy atom. The summed E-state index contributed by atoms with van der Waals surface area (Å²) in [5.41, 5.74) is 3.09. The summed E-state index contributed by atoms with van der Waals surface area (Å²) in [6, 6.07) is 19.7. The minimum Gasteiger partial charge on any atom is -0.454 e. The van der Waals surface area contributed by atoms with Gasteiger partial charge in [-0.15, -0.1) is 0 Å². The summed E-state index contributed by atoms with van der Waals surface area (Å²) in [6.45, 7) is 0.192. The van der Waals surface area contributed by atoms with E-state index in [1.807, 2.05) is 42.5 Å². The van der Waals surface area contributed by atoms with Crippen LogP contribution in [0.2, 0.25) is 10.0 Å². The van der Waals surface area contributed by atoms with Crippen molar-refractivity contribution < 1.29 is 14.3 Å². The summed E-state index contributed by atoms with van der Waals surface area (Å²) in [4.78, 5) is 17.9. The van der Waals surface area contributed by atoms with Crippen molar-refractivity contribution in [2.75, 3.05) is 12.1 Å². The SMILES string of the molecule is O=C(Nc1cc(Cl)ccc1Cl)c1cc(-c2ccc3c(c2)OCO3)nc2ccccc12. The van der Waals surface area contributed by atoms with Crippen molar-refractivity contribution in [1.29, 1.82) is 0 Å². The van der Waals surface area contributed by atoms with Crippen LogP contribution in [0, 0.1) is 0 Å². The van der Waals surface area contributed by atoms with Crippen LogP contribution in [0.4, 0.5) is 5.69 Å². The van der Waals surface area contributed by atoms with Crippen molar-refractivity contribution in [3.63, 3.8) is 0 Å². The fourth-order valence-corrected chi connectivity index (χ4v) is 3.69. The zero-order valence-corrected chi connectivity index (χ0v) is 17.0. The van der Waals surface area contributed by atoms with E-state index in [2.05, 4.69) is 5.32 Å². The number of fused-ring (bicyclic) bond motifs is 2. The molecule has 1 aliphatic rings. The Bertz CT molecular complexity index is 1310. The summed E-state index contributed by atoms with van der Waals surface area (Å²) >= 11 is 12.3. The number of pyridine rings is 1. The molecule has 0 aliphatic carbocycles. The number of aromatic nitrogens is 1. The second kappa shape index (κ2) is 7.52. The van der Waals surface area contributed by atoms with Crippen molar-refractivity contribution in [3.8, 4) is 22.8 Å².